The van der Waals surface area contributed by atoms with Crippen LogP contribution in [0.2, 0.25) is 0 Å². The highest BCUT2D eigenvalue weighted by atomic mass is 19.2. The van der Waals surface area contributed by atoms with E-state index < -0.39 is 29.5 Å². The zero-order valence-corrected chi connectivity index (χ0v) is 17.2. The first kappa shape index (κ1) is 21.4. The smallest absolute Gasteiger partial charge is 0.408 e. The van der Waals surface area contributed by atoms with Crippen molar-refractivity contribution in [3.63, 3.8) is 0 Å². The number of ether oxygens (including phenoxy) is 1. The molecule has 1 aromatic carbocycles. The minimum atomic E-state index is -1.61. The van der Waals surface area contributed by atoms with Gasteiger partial charge in [0.15, 0.2) is 29.9 Å². The van der Waals surface area contributed by atoms with E-state index in [0.717, 1.165) is 5.56 Å². The Labute approximate surface area is 180 Å². The Morgan fingerprint density at radius 3 is 2.59 bits per heavy atom. The summed E-state index contributed by atoms with van der Waals surface area (Å²) in [7, 11) is 3.34. The number of nitrogens with one attached hydrogen (secondary N) is 2. The van der Waals surface area contributed by atoms with Crippen LogP contribution in [0.15, 0.2) is 24.7 Å². The van der Waals surface area contributed by atoms with Crippen LogP contribution in [0.3, 0.4) is 0 Å². The van der Waals surface area contributed by atoms with Gasteiger partial charge in [-0.25, -0.2) is 22.9 Å². The Kier molecular flexibility index (Phi) is 5.59. The summed E-state index contributed by atoms with van der Waals surface area (Å²) in [6, 6.07) is 1.04. The lowest BCUT2D eigenvalue weighted by Gasteiger charge is -2.12. The monoisotopic (exact) mass is 448 g/mol. The van der Waals surface area contributed by atoms with Gasteiger partial charge in [0.05, 0.1) is 6.04 Å². The molecule has 1 atom stereocenters. The zero-order chi connectivity index (χ0) is 23.0. The Hall–Kier alpha value is -3.83. The highest BCUT2D eigenvalue weighted by Gasteiger charge is 2.31. The molecule has 4 rings (SSSR count). The number of aryl methyl sites for hydroxylation is 2. The largest absolute Gasteiger partial charge is 0.441 e. The van der Waals surface area contributed by atoms with Crippen LogP contribution >= 0.6 is 0 Å². The lowest BCUT2D eigenvalue weighted by atomic mass is 10.1. The summed E-state index contributed by atoms with van der Waals surface area (Å²) < 4.78 is 48.2. The number of aromatic nitrogens is 4. The van der Waals surface area contributed by atoms with Gasteiger partial charge in [0, 0.05) is 38.1 Å². The third-order valence-corrected chi connectivity index (χ3v) is 5.11. The molecular weight excluding hydrogens is 429 g/mol. The van der Waals surface area contributed by atoms with Crippen molar-refractivity contribution < 1.29 is 27.5 Å². The molecule has 0 bridgehead atoms. The molecule has 32 heavy (non-hydrogen) atoms. The summed E-state index contributed by atoms with van der Waals surface area (Å²) in [5.41, 5.74) is 1.51. The van der Waals surface area contributed by atoms with E-state index in [9.17, 15) is 22.8 Å². The number of carbonyl (C=O) groups excluding carboxylic acids is 2. The van der Waals surface area contributed by atoms with Crippen molar-refractivity contribution in [2.45, 2.75) is 25.5 Å². The van der Waals surface area contributed by atoms with Crippen LogP contribution < -0.4 is 10.6 Å². The molecule has 1 unspecified atom stereocenters. The highest BCUT2D eigenvalue weighted by Crippen LogP contribution is 2.35. The molecule has 0 saturated carbocycles. The van der Waals surface area contributed by atoms with Crippen LogP contribution in [0.25, 0.3) is 0 Å². The SMILES string of the molecule is Cn1cnc(COC(=O)NC2CCc3c2cn(C)c3C(=O)Nc2cc(F)c(F)c(F)c2)n1. The molecule has 0 radical (unpaired) electrons. The van der Waals surface area contributed by atoms with Gasteiger partial charge >= 0.3 is 6.09 Å². The Morgan fingerprint density at radius 1 is 1.22 bits per heavy atom. The topological polar surface area (TPSA) is 103 Å². The highest BCUT2D eigenvalue weighted by molar-refractivity contribution is 6.04. The molecule has 0 aliphatic heterocycles. The Morgan fingerprint density at radius 2 is 1.94 bits per heavy atom. The molecule has 9 nitrogen and oxygen atoms in total. The third kappa shape index (κ3) is 4.15. The standard InChI is InChI=1S/C20H19F3N6O3/c1-28-7-12-11(18(28)19(30)25-10-5-13(21)17(23)14(22)6-10)3-4-15(12)26-20(31)32-8-16-24-9-29(2)27-16/h5-7,9,15H,3-4,8H2,1-2H3,(H,25,30)(H,26,31). The number of anilines is 1. The molecule has 0 fully saturated rings. The van der Waals surface area contributed by atoms with E-state index in [1.54, 1.807) is 24.9 Å². The molecule has 1 aliphatic carbocycles. The number of alkyl carbamates (subject to hydrolysis) is 1. The quantitative estimate of drug-likeness (QED) is 0.585. The summed E-state index contributed by atoms with van der Waals surface area (Å²) in [6.07, 6.45) is 3.59. The van der Waals surface area contributed by atoms with Crippen LogP contribution in [0.4, 0.5) is 23.7 Å². The lowest BCUT2D eigenvalue weighted by Crippen LogP contribution is -2.27. The van der Waals surface area contributed by atoms with Crippen LogP contribution in [0, 0.1) is 17.5 Å². The first-order valence-electron chi connectivity index (χ1n) is 9.64. The van der Waals surface area contributed by atoms with Gasteiger partial charge in [0.2, 0.25) is 0 Å². The second kappa shape index (κ2) is 8.36. The van der Waals surface area contributed by atoms with Crippen LogP contribution in [-0.2, 0) is 31.9 Å². The molecule has 2 aromatic heterocycles. The first-order valence-corrected chi connectivity index (χ1v) is 9.64. The number of fused-ring (bicyclic) bond motifs is 1. The van der Waals surface area contributed by atoms with Crippen molar-refractivity contribution in [2.75, 3.05) is 5.32 Å². The maximum Gasteiger partial charge on any atom is 0.408 e. The maximum absolute atomic E-state index is 13.4. The summed E-state index contributed by atoms with van der Waals surface area (Å²) in [6.45, 7) is -0.0838. The van der Waals surface area contributed by atoms with Crippen molar-refractivity contribution in [3.05, 3.63) is 64.8 Å². The molecule has 2 amide bonds. The van der Waals surface area contributed by atoms with Crippen LogP contribution in [0.1, 0.15) is 39.9 Å². The summed E-state index contributed by atoms with van der Waals surface area (Å²) in [4.78, 5) is 28.9. The minimum absolute atomic E-state index is 0.0838. The fourth-order valence-electron chi connectivity index (χ4n) is 3.74. The van der Waals surface area contributed by atoms with E-state index in [4.69, 9.17) is 4.74 Å². The van der Waals surface area contributed by atoms with Gasteiger partial charge in [-0.2, -0.15) is 5.10 Å². The van der Waals surface area contributed by atoms with E-state index in [1.807, 2.05) is 0 Å². The van der Waals surface area contributed by atoms with Gasteiger partial charge in [-0.3, -0.25) is 9.48 Å². The average molecular weight is 448 g/mol. The van der Waals surface area contributed by atoms with E-state index in [2.05, 4.69) is 20.7 Å². The van der Waals surface area contributed by atoms with Crippen LogP contribution in [-0.4, -0.2) is 31.3 Å². The van der Waals surface area contributed by atoms with E-state index >= 15 is 0 Å². The maximum atomic E-state index is 13.4. The minimum Gasteiger partial charge on any atom is -0.441 e. The number of amides is 2. The van der Waals surface area contributed by atoms with E-state index in [0.29, 0.717) is 36.4 Å². The van der Waals surface area contributed by atoms with Crippen molar-refractivity contribution in [1.29, 1.82) is 0 Å². The molecule has 0 saturated heterocycles. The molecule has 1 aliphatic rings. The van der Waals surface area contributed by atoms with Crippen molar-refractivity contribution in [3.8, 4) is 0 Å². The fraction of sp³-hybridized carbons (Fsp3) is 0.300. The van der Waals surface area contributed by atoms with E-state index in [-0.39, 0.29) is 24.0 Å². The van der Waals surface area contributed by atoms with Crippen molar-refractivity contribution in [1.82, 2.24) is 24.6 Å². The molecule has 168 valence electrons. The normalized spacial score (nSPS) is 14.8. The number of hydrogen-bond donors (Lipinski definition) is 2. The number of rotatable bonds is 5. The van der Waals surface area contributed by atoms with Gasteiger partial charge in [0.1, 0.15) is 12.0 Å². The van der Waals surface area contributed by atoms with Gasteiger partial charge in [-0.1, -0.05) is 0 Å². The van der Waals surface area contributed by atoms with Gasteiger partial charge in [0.25, 0.3) is 5.91 Å². The zero-order valence-electron chi connectivity index (χ0n) is 17.2. The summed E-state index contributed by atoms with van der Waals surface area (Å²) >= 11 is 0. The molecule has 2 N–H and O–H groups in total. The number of nitrogens with zero attached hydrogens (tertiary/aromatic N) is 4. The average Bonchev–Trinajstić information content (AvgIpc) is 3.40. The van der Waals surface area contributed by atoms with Gasteiger partial charge < -0.3 is 19.9 Å². The van der Waals surface area contributed by atoms with E-state index in [1.165, 1.54) is 11.0 Å². The Balaban J connectivity index is 1.44. The van der Waals surface area contributed by atoms with Crippen molar-refractivity contribution in [2.24, 2.45) is 14.1 Å². The predicted molar refractivity (Wildman–Crippen MR) is 105 cm³/mol. The molecule has 12 heteroatoms. The fourth-order valence-corrected chi connectivity index (χ4v) is 3.74. The van der Waals surface area contributed by atoms with Gasteiger partial charge in [-0.05, 0) is 24.0 Å². The van der Waals surface area contributed by atoms with Gasteiger partial charge in [-0.15, -0.1) is 0 Å². The first-order chi connectivity index (χ1) is 15.2. The number of hydrogen-bond acceptors (Lipinski definition) is 5. The second-order valence-electron chi connectivity index (χ2n) is 7.38. The Bertz CT molecular complexity index is 1180. The number of benzene rings is 1. The number of halogens is 3. The molecule has 2 heterocycles. The summed E-state index contributed by atoms with van der Waals surface area (Å²) in [5.74, 6) is -4.66. The summed E-state index contributed by atoms with van der Waals surface area (Å²) in [5, 5.41) is 9.16. The number of carbonyl (C=O) groups is 2. The molecular formula is C20H19F3N6O3. The third-order valence-electron chi connectivity index (χ3n) is 5.11. The second-order valence-corrected chi connectivity index (χ2v) is 7.38. The van der Waals surface area contributed by atoms with Crippen LogP contribution in [0.5, 0.6) is 0 Å². The predicted octanol–water partition coefficient (Wildman–Crippen LogP) is 2.74. The molecule has 3 aromatic rings. The van der Waals surface area contributed by atoms with Crippen molar-refractivity contribution >= 4 is 17.7 Å². The lowest BCUT2D eigenvalue weighted by molar-refractivity contribution is 0.101. The molecule has 0 spiro atoms.